The summed E-state index contributed by atoms with van der Waals surface area (Å²) in [5, 5.41) is 61.1. The molecule has 4 aliphatic rings. The summed E-state index contributed by atoms with van der Waals surface area (Å²) in [6.45, 7) is 10.7. The Morgan fingerprint density at radius 2 is 1.46 bits per heavy atom. The predicted octanol–water partition coefficient (Wildman–Crippen LogP) is 6.65. The number of alkyl halides is 3. The van der Waals surface area contributed by atoms with E-state index < -0.39 is 214 Å². The molecule has 138 heavy (non-hydrogen) atoms. The van der Waals surface area contributed by atoms with E-state index in [4.69, 9.17) is 46.8 Å². The highest BCUT2D eigenvalue weighted by atomic mass is 35.5. The molecule has 1 aromatic heterocycles. The van der Waals surface area contributed by atoms with Gasteiger partial charge < -0.3 is 113 Å². The molecule has 1 unspecified atom stereocenters. The van der Waals surface area contributed by atoms with Crippen LogP contribution >= 0.6 is 54.8 Å². The molecule has 748 valence electrons. The number of amides is 13. The molecular formula is C94H119ClF3N15O21S4. The molecule has 13 amide bonds. The first-order chi connectivity index (χ1) is 65.3. The SMILES string of the molecule is COc1cc2cc(c1Cl)N(C)C(=O)C[C@H](OC(=O)[C@H](C)N(C)C(=O)CCSSC(C)(C)[C@H](NC(=O)[C@@H]1CSSC[C@H](NC(=O)[C@@H](Cc3ccccc3)NC(=O)NCc3ccc(C(F)(F)F)cc3)C(=O)N[C@@H](Cc3ccc(O)cc3)C(=O)N[C@H](Cc3c[nH]c4ccccc34)C(=O)N[C@@H](CCCCN)C(=O)N[C@@H]([C@@H](C)O)C(=O)N1)C(N)=O)[C@]1(C)OC1[C@H](C)[C@@H]1C[C@@](O)(NC(=O)O1)[C@H](OC)/C=C/C=C(\C)C2. The van der Waals surface area contributed by atoms with Crippen LogP contribution in [0.2, 0.25) is 5.02 Å². The van der Waals surface area contributed by atoms with Gasteiger partial charge in [-0.3, -0.25) is 53.3 Å². The van der Waals surface area contributed by atoms with Crippen LogP contribution in [0.4, 0.5) is 28.4 Å². The number of methoxy groups -OCH3 is 2. The number of esters is 1. The van der Waals surface area contributed by atoms with E-state index in [-0.39, 0.29) is 91.6 Å². The Morgan fingerprint density at radius 1 is 0.812 bits per heavy atom. The molecule has 17 atom stereocenters. The van der Waals surface area contributed by atoms with E-state index in [0.717, 1.165) is 77.9 Å². The highest BCUT2D eigenvalue weighted by Gasteiger charge is 2.65. The maximum absolute atomic E-state index is 15.5. The fourth-order valence-corrected chi connectivity index (χ4v) is 21.3. The number of primary amides is 1. The lowest BCUT2D eigenvalue weighted by atomic mass is 9.83. The van der Waals surface area contributed by atoms with Crippen molar-refractivity contribution in [1.29, 1.82) is 0 Å². The van der Waals surface area contributed by atoms with E-state index in [9.17, 15) is 66.8 Å². The van der Waals surface area contributed by atoms with Gasteiger partial charge in [0, 0.05) is 105 Å². The van der Waals surface area contributed by atoms with Crippen molar-refractivity contribution in [1.82, 2.24) is 63.1 Å². The molecule has 10 rings (SSSR count). The van der Waals surface area contributed by atoms with Crippen LogP contribution in [0.25, 0.3) is 10.9 Å². The Balaban J connectivity index is 0.896. The number of nitrogens with zero attached hydrogens (tertiary/aromatic N) is 2. The van der Waals surface area contributed by atoms with Gasteiger partial charge in [-0.15, -0.1) is 0 Å². The number of carbonyl (C=O) groups excluding carboxylic acids is 13. The molecule has 0 spiro atoms. The fraction of sp³-hybridized carbons (Fsp3) is 0.479. The van der Waals surface area contributed by atoms with Gasteiger partial charge in [-0.25, -0.2) is 14.4 Å². The van der Waals surface area contributed by atoms with Gasteiger partial charge >= 0.3 is 24.3 Å². The van der Waals surface area contributed by atoms with Crippen LogP contribution in [-0.2, 0) is 110 Å². The second kappa shape index (κ2) is 49.0. The number of aliphatic hydroxyl groups excluding tert-OH is 1. The summed E-state index contributed by atoms with van der Waals surface area (Å²) in [4.78, 5) is 196. The molecular weight excluding hydrogens is 1900 g/mol. The van der Waals surface area contributed by atoms with E-state index in [1.807, 2.05) is 6.92 Å². The number of rotatable bonds is 30. The van der Waals surface area contributed by atoms with E-state index in [2.05, 4.69) is 58.2 Å². The summed E-state index contributed by atoms with van der Waals surface area (Å²) in [5.41, 5.74) is 11.8. The van der Waals surface area contributed by atoms with Crippen LogP contribution in [0.1, 0.15) is 120 Å². The fourth-order valence-electron chi connectivity index (χ4n) is 16.0. The third kappa shape index (κ3) is 29.4. The largest absolute Gasteiger partial charge is 0.508 e. The molecule has 36 nitrogen and oxygen atoms in total. The van der Waals surface area contributed by atoms with Crippen molar-refractivity contribution in [2.75, 3.05) is 57.0 Å². The highest BCUT2D eigenvalue weighted by molar-refractivity contribution is 8.77. The molecule has 44 heteroatoms. The molecule has 4 aliphatic heterocycles. The number of unbranched alkanes of at least 4 members (excludes halogenated alkanes) is 1. The second-order valence-electron chi connectivity index (χ2n) is 35.1. The number of ether oxygens (including phenoxy) is 5. The van der Waals surface area contributed by atoms with Crippen molar-refractivity contribution in [2.45, 2.75) is 226 Å². The van der Waals surface area contributed by atoms with Gasteiger partial charge in [0.2, 0.25) is 59.1 Å². The number of allylic oxidation sites excluding steroid dienone is 3. The van der Waals surface area contributed by atoms with Gasteiger partial charge in [-0.05, 0) is 144 Å². The first kappa shape index (κ1) is 109. The normalized spacial score (nSPS) is 24.9. The number of likely N-dealkylation sites (N-methyl/N-ethyl adjacent to an activating group) is 1. The van der Waals surface area contributed by atoms with Crippen LogP contribution in [0.5, 0.6) is 11.5 Å². The molecule has 4 bridgehead atoms. The number of phenols is 1. The Hall–Kier alpha value is -11.3. The Kier molecular flexibility index (Phi) is 38.6. The zero-order valence-corrected chi connectivity index (χ0v) is 82.0. The number of para-hydroxylation sites is 1. The number of aromatic hydroxyl groups is 1. The van der Waals surface area contributed by atoms with Crippen LogP contribution in [0.3, 0.4) is 0 Å². The van der Waals surface area contributed by atoms with Gasteiger partial charge in [-0.2, -0.15) is 13.2 Å². The van der Waals surface area contributed by atoms with Gasteiger partial charge in [0.15, 0.2) is 5.72 Å². The summed E-state index contributed by atoms with van der Waals surface area (Å²) in [6, 6.07) is 12.9. The van der Waals surface area contributed by atoms with E-state index in [1.54, 1.807) is 119 Å². The third-order valence-electron chi connectivity index (χ3n) is 24.3. The number of carbonyl (C=O) groups is 13. The summed E-state index contributed by atoms with van der Waals surface area (Å²) < 4.78 is 69.0. The average molecular weight is 2020 g/mol. The molecule has 5 heterocycles. The van der Waals surface area contributed by atoms with E-state index in [1.165, 1.54) is 71.3 Å². The van der Waals surface area contributed by atoms with Crippen LogP contribution < -0.4 is 74.3 Å². The minimum Gasteiger partial charge on any atom is -0.508 e. The average Bonchev–Trinajstić information content (AvgIpc) is 1.57. The zero-order valence-electron chi connectivity index (χ0n) is 77.9. The molecule has 0 saturated carbocycles. The van der Waals surface area contributed by atoms with Gasteiger partial charge in [-0.1, -0.05) is 158 Å². The van der Waals surface area contributed by atoms with Gasteiger partial charge in [0.05, 0.1) is 37.0 Å². The number of hydrogen-bond donors (Lipinski definition) is 16. The number of epoxide rings is 1. The number of hydrogen-bond acceptors (Lipinski definition) is 26. The maximum atomic E-state index is 15.5. The minimum absolute atomic E-state index is 0.00229. The quantitative estimate of drug-likeness (QED) is 0.00971. The number of alkyl carbamates (subject to hydrolysis) is 1. The molecule has 5 aromatic carbocycles. The van der Waals surface area contributed by atoms with Crippen LogP contribution in [0.15, 0.2) is 145 Å². The zero-order chi connectivity index (χ0) is 101. The molecule has 6 aromatic rings. The number of H-pyrrole nitrogens is 1. The highest BCUT2D eigenvalue weighted by Crippen LogP contribution is 2.50. The third-order valence-corrected chi connectivity index (χ3v) is 30.4. The number of aliphatic hydroxyl groups is 2. The van der Waals surface area contributed by atoms with Crippen molar-refractivity contribution in [3.05, 3.63) is 184 Å². The summed E-state index contributed by atoms with van der Waals surface area (Å²) in [6.07, 6.45) is -5.97. The molecule has 3 saturated heterocycles. The summed E-state index contributed by atoms with van der Waals surface area (Å²) in [7, 11) is 9.41. The van der Waals surface area contributed by atoms with Gasteiger partial charge in [0.25, 0.3) is 0 Å². The number of phenolic OH excluding ortho intramolecular Hbond substituents is 1. The minimum atomic E-state index is -4.65. The first-order valence-corrected chi connectivity index (χ1v) is 49.8. The lowest BCUT2D eigenvalue weighted by molar-refractivity contribution is -0.162. The van der Waals surface area contributed by atoms with Crippen molar-refractivity contribution in [3.63, 3.8) is 0 Å². The number of nitrogens with two attached hydrogens (primary N) is 2. The lowest BCUT2D eigenvalue weighted by Gasteiger charge is -2.42. The van der Waals surface area contributed by atoms with Gasteiger partial charge in [0.1, 0.15) is 94.8 Å². The number of aromatic amines is 1. The number of benzene rings is 5. The molecule has 0 aliphatic carbocycles. The van der Waals surface area contributed by atoms with Crippen molar-refractivity contribution >= 4 is 149 Å². The number of nitrogens with one attached hydrogen (secondary N) is 11. The second-order valence-corrected chi connectivity index (χ2v) is 41.1. The standard InChI is InChI=1S/C94H119ClF3N15O21S4/c1-50-20-19-26-72(131-11)93(129)45-71(132-90(128)111-93)51(2)79-92(7,134-79)73(44-75(117)113(9)69-41-57(38-50)42-70(130-10)76(69)95)133-88(126)52(3)112(8)74(116)35-37-135-138-91(5,6)78(80(100)118)110-86(124)68-49-137-136-48-67(106-83(121)65(39-54-21-13-12-14-22-54)108-89(127)102-46-56-27-31-59(32-28-56)94(96,97)98)85(123)104-64(40-55-29-33-60(115)34-30-55)82(120)105-66(43-58-47-101-62-24-16-15-23-61(58)62)84(122)103-63(25-17-18-36-99)81(119)109-77(53(4)114)87(125)107-68/h12-16,19-24,26-34,41-42,47,51-53,63-68,71-73,77-79,101,114-115,129H,17-18,25,35-40,43-46,48-49,99H2,1-11H3,(H2,100,118)(H,103,122)(H,104,123)(H,105,120)(H,106,121)(H,107,125)(H,109,119)(H,110,124)(H,111,128)(H2,102,108,127)/b26-19+,50-20+/t51-,52+,53-,63+,64+,65-,66-,67+,68+,71+,72-,73+,77+,78-,79?,92+,93+/m1/s1. The number of halogens is 4. The topological polar surface area (TPSA) is 527 Å². The molecule has 0 radical (unpaired) electrons. The lowest BCUT2D eigenvalue weighted by Crippen LogP contribution is -2.63. The maximum Gasteiger partial charge on any atom is 0.416 e. The Labute approximate surface area is 817 Å². The van der Waals surface area contributed by atoms with Crippen molar-refractivity contribution < 1.29 is 115 Å². The number of fused-ring (bicyclic) bond motifs is 6. The number of urea groups is 1. The molecule has 3 fully saturated rings. The van der Waals surface area contributed by atoms with E-state index >= 15 is 24.0 Å². The van der Waals surface area contributed by atoms with Crippen LogP contribution in [0, 0.1) is 5.92 Å². The molecule has 18 N–H and O–H groups in total. The van der Waals surface area contributed by atoms with Crippen molar-refractivity contribution in [2.24, 2.45) is 17.4 Å². The summed E-state index contributed by atoms with van der Waals surface area (Å²) >= 11 is 6.92. The monoisotopic (exact) mass is 2010 g/mol. The summed E-state index contributed by atoms with van der Waals surface area (Å²) in [5.74, 6) is -11.9. The Bertz CT molecular complexity index is 5420. The van der Waals surface area contributed by atoms with E-state index in [0.29, 0.717) is 46.0 Å². The predicted molar refractivity (Wildman–Crippen MR) is 516 cm³/mol. The number of aromatic nitrogens is 1. The Morgan fingerprint density at radius 3 is 2.13 bits per heavy atom. The smallest absolute Gasteiger partial charge is 0.416 e. The number of anilines is 1. The van der Waals surface area contributed by atoms with Crippen LogP contribution in [-0.4, -0.2) is 255 Å². The van der Waals surface area contributed by atoms with Crippen molar-refractivity contribution in [3.8, 4) is 11.5 Å². The first-order valence-electron chi connectivity index (χ1n) is 44.6.